The summed E-state index contributed by atoms with van der Waals surface area (Å²) >= 11 is 6.12. The average Bonchev–Trinajstić information content (AvgIpc) is 3.34. The van der Waals surface area contributed by atoms with Gasteiger partial charge in [0.2, 0.25) is 11.8 Å². The van der Waals surface area contributed by atoms with E-state index in [-0.39, 0.29) is 18.2 Å². The average molecular weight is 415 g/mol. The van der Waals surface area contributed by atoms with Crippen molar-refractivity contribution in [3.05, 3.63) is 46.5 Å². The molecule has 1 saturated heterocycles. The van der Waals surface area contributed by atoms with Crippen LogP contribution in [0.4, 0.5) is 11.4 Å². The SMILES string of the molecule is COc1cc(NC(=O)C2CC(=O)N(c3ccc4c(c3)CCC4)C2)c(OC)cc1Cl. The van der Waals surface area contributed by atoms with Crippen LogP contribution in [0.3, 0.4) is 0 Å². The number of ether oxygens (including phenoxy) is 2. The summed E-state index contributed by atoms with van der Waals surface area (Å²) in [5, 5.41) is 3.25. The Morgan fingerprint density at radius 3 is 2.62 bits per heavy atom. The number of carbonyl (C=O) groups is 2. The minimum atomic E-state index is -0.442. The standard InChI is InChI=1S/C22H23ClN2O4/c1-28-19-11-18(20(29-2)10-17(19)23)24-22(27)15-9-21(26)25(12-15)16-7-6-13-4-3-5-14(13)8-16/h6-8,10-11,15H,3-5,9,12H2,1-2H3,(H,24,27). The first kappa shape index (κ1) is 19.6. The lowest BCUT2D eigenvalue weighted by molar-refractivity contribution is -0.122. The second kappa shape index (κ2) is 7.95. The smallest absolute Gasteiger partial charge is 0.229 e. The predicted octanol–water partition coefficient (Wildman–Crippen LogP) is 3.84. The molecular formula is C22H23ClN2O4. The van der Waals surface area contributed by atoms with Crippen LogP contribution in [0.25, 0.3) is 0 Å². The summed E-state index contributed by atoms with van der Waals surface area (Å²) in [6.45, 7) is 0.358. The molecule has 2 aliphatic rings. The number of aryl methyl sites for hydroxylation is 2. The van der Waals surface area contributed by atoms with E-state index in [9.17, 15) is 9.59 Å². The Morgan fingerprint density at radius 1 is 1.10 bits per heavy atom. The highest BCUT2D eigenvalue weighted by Gasteiger charge is 2.35. The summed E-state index contributed by atoms with van der Waals surface area (Å²) in [4.78, 5) is 27.2. The first-order valence-corrected chi connectivity index (χ1v) is 10.0. The van der Waals surface area contributed by atoms with Crippen LogP contribution >= 0.6 is 11.6 Å². The summed E-state index contributed by atoms with van der Waals surface area (Å²) in [5.41, 5.74) is 4.00. The lowest BCUT2D eigenvalue weighted by atomic mass is 10.1. The number of halogens is 1. The summed E-state index contributed by atoms with van der Waals surface area (Å²) in [7, 11) is 3.01. The first-order valence-electron chi connectivity index (χ1n) is 9.64. The van der Waals surface area contributed by atoms with E-state index in [4.69, 9.17) is 21.1 Å². The van der Waals surface area contributed by atoms with Crippen LogP contribution in [-0.2, 0) is 22.4 Å². The van der Waals surface area contributed by atoms with Gasteiger partial charge in [-0.15, -0.1) is 0 Å². The molecule has 1 fully saturated rings. The highest BCUT2D eigenvalue weighted by molar-refractivity contribution is 6.32. The Kier molecular flexibility index (Phi) is 5.37. The number of hydrogen-bond donors (Lipinski definition) is 1. The molecule has 0 spiro atoms. The van der Waals surface area contributed by atoms with Gasteiger partial charge in [-0.1, -0.05) is 17.7 Å². The van der Waals surface area contributed by atoms with Crippen molar-refractivity contribution in [2.75, 3.05) is 31.0 Å². The van der Waals surface area contributed by atoms with Gasteiger partial charge in [0, 0.05) is 30.8 Å². The number of benzene rings is 2. The van der Waals surface area contributed by atoms with Crippen molar-refractivity contribution in [3.8, 4) is 11.5 Å². The van der Waals surface area contributed by atoms with Gasteiger partial charge in [-0.2, -0.15) is 0 Å². The van der Waals surface area contributed by atoms with Gasteiger partial charge in [0.1, 0.15) is 11.5 Å². The molecule has 152 valence electrons. The number of hydrogen-bond acceptors (Lipinski definition) is 4. The van der Waals surface area contributed by atoms with Gasteiger partial charge in [-0.05, 0) is 42.5 Å². The van der Waals surface area contributed by atoms with Crippen LogP contribution in [-0.4, -0.2) is 32.6 Å². The first-order chi connectivity index (χ1) is 14.0. The number of fused-ring (bicyclic) bond motifs is 1. The van der Waals surface area contributed by atoms with Crippen LogP contribution < -0.4 is 19.7 Å². The van der Waals surface area contributed by atoms with Gasteiger partial charge < -0.3 is 19.7 Å². The molecule has 7 heteroatoms. The van der Waals surface area contributed by atoms with Crippen LogP contribution in [0, 0.1) is 5.92 Å². The molecule has 6 nitrogen and oxygen atoms in total. The Hall–Kier alpha value is -2.73. The highest BCUT2D eigenvalue weighted by Crippen LogP contribution is 2.37. The van der Waals surface area contributed by atoms with Gasteiger partial charge in [0.05, 0.1) is 30.8 Å². The Balaban J connectivity index is 1.50. The maximum absolute atomic E-state index is 12.9. The molecule has 0 radical (unpaired) electrons. The molecule has 2 amide bonds. The van der Waals surface area contributed by atoms with Crippen molar-refractivity contribution < 1.29 is 19.1 Å². The molecule has 0 saturated carbocycles. The summed E-state index contributed by atoms with van der Waals surface area (Å²) in [5.74, 6) is 0.157. The fraction of sp³-hybridized carbons (Fsp3) is 0.364. The normalized spacial score (nSPS) is 18.0. The monoisotopic (exact) mass is 414 g/mol. The third-order valence-electron chi connectivity index (χ3n) is 5.62. The van der Waals surface area contributed by atoms with E-state index in [1.165, 1.54) is 25.3 Å². The highest BCUT2D eigenvalue weighted by atomic mass is 35.5. The number of methoxy groups -OCH3 is 2. The molecule has 4 rings (SSSR count). The van der Waals surface area contributed by atoms with Crippen LogP contribution in [0.2, 0.25) is 5.02 Å². The number of nitrogens with one attached hydrogen (secondary N) is 1. The van der Waals surface area contributed by atoms with Gasteiger partial charge in [-0.25, -0.2) is 0 Å². The summed E-state index contributed by atoms with van der Waals surface area (Å²) < 4.78 is 10.5. The fourth-order valence-corrected chi connectivity index (χ4v) is 4.28. The zero-order valence-electron chi connectivity index (χ0n) is 16.5. The Bertz CT molecular complexity index is 976. The van der Waals surface area contributed by atoms with Crippen LogP contribution in [0.5, 0.6) is 11.5 Å². The maximum atomic E-state index is 12.9. The minimum Gasteiger partial charge on any atom is -0.495 e. The molecule has 2 aromatic carbocycles. The van der Waals surface area contributed by atoms with Gasteiger partial charge >= 0.3 is 0 Å². The molecule has 1 aliphatic heterocycles. The molecule has 2 aromatic rings. The van der Waals surface area contributed by atoms with Gasteiger partial charge in [0.25, 0.3) is 0 Å². The van der Waals surface area contributed by atoms with Crippen molar-refractivity contribution in [1.29, 1.82) is 0 Å². The topological polar surface area (TPSA) is 67.9 Å². The number of carbonyl (C=O) groups excluding carboxylic acids is 2. The summed E-state index contributed by atoms with van der Waals surface area (Å²) in [6.07, 6.45) is 3.48. The van der Waals surface area contributed by atoms with E-state index in [1.54, 1.807) is 17.0 Å². The molecule has 1 heterocycles. The second-order valence-corrected chi connectivity index (χ2v) is 7.80. The van der Waals surface area contributed by atoms with Crippen molar-refractivity contribution in [2.45, 2.75) is 25.7 Å². The van der Waals surface area contributed by atoms with E-state index < -0.39 is 5.92 Å². The van der Waals surface area contributed by atoms with E-state index in [0.29, 0.717) is 28.8 Å². The molecule has 0 bridgehead atoms. The molecular weight excluding hydrogens is 392 g/mol. The third kappa shape index (κ3) is 3.77. The quantitative estimate of drug-likeness (QED) is 0.807. The largest absolute Gasteiger partial charge is 0.495 e. The minimum absolute atomic E-state index is 0.0382. The maximum Gasteiger partial charge on any atom is 0.229 e. The molecule has 1 aliphatic carbocycles. The molecule has 29 heavy (non-hydrogen) atoms. The molecule has 0 aromatic heterocycles. The molecule has 1 N–H and O–H groups in total. The third-order valence-corrected chi connectivity index (χ3v) is 5.92. The molecule has 1 atom stereocenters. The van der Waals surface area contributed by atoms with Crippen LogP contribution in [0.1, 0.15) is 24.0 Å². The van der Waals surface area contributed by atoms with Crippen molar-refractivity contribution in [3.63, 3.8) is 0 Å². The van der Waals surface area contributed by atoms with Crippen LogP contribution in [0.15, 0.2) is 30.3 Å². The number of anilines is 2. The van der Waals surface area contributed by atoms with Gasteiger partial charge in [0.15, 0.2) is 0 Å². The Morgan fingerprint density at radius 2 is 1.86 bits per heavy atom. The number of amides is 2. The van der Waals surface area contributed by atoms with E-state index in [1.807, 2.05) is 6.07 Å². The van der Waals surface area contributed by atoms with E-state index >= 15 is 0 Å². The zero-order chi connectivity index (χ0) is 20.5. The van der Waals surface area contributed by atoms with E-state index in [0.717, 1.165) is 24.9 Å². The number of nitrogens with zero attached hydrogens (tertiary/aromatic N) is 1. The second-order valence-electron chi connectivity index (χ2n) is 7.39. The lowest BCUT2D eigenvalue weighted by Crippen LogP contribution is -2.28. The molecule has 1 unspecified atom stereocenters. The van der Waals surface area contributed by atoms with Crippen molar-refractivity contribution in [2.24, 2.45) is 5.92 Å². The van der Waals surface area contributed by atoms with Crippen molar-refractivity contribution >= 4 is 34.8 Å². The van der Waals surface area contributed by atoms with Crippen molar-refractivity contribution in [1.82, 2.24) is 0 Å². The summed E-state index contributed by atoms with van der Waals surface area (Å²) in [6, 6.07) is 9.38. The zero-order valence-corrected chi connectivity index (χ0v) is 17.2. The fourth-order valence-electron chi connectivity index (χ4n) is 4.05. The lowest BCUT2D eigenvalue weighted by Gasteiger charge is -2.18. The van der Waals surface area contributed by atoms with E-state index in [2.05, 4.69) is 17.4 Å². The van der Waals surface area contributed by atoms with Gasteiger partial charge in [-0.3, -0.25) is 9.59 Å². The Labute approximate surface area is 174 Å². The number of rotatable bonds is 5. The predicted molar refractivity (Wildman–Crippen MR) is 112 cm³/mol.